The van der Waals surface area contributed by atoms with Crippen LogP contribution >= 0.6 is 0 Å². The molecule has 2 nitrogen and oxygen atoms in total. The first kappa shape index (κ1) is 16.8. The molecule has 0 spiro atoms. The highest BCUT2D eigenvalue weighted by Crippen LogP contribution is 2.44. The monoisotopic (exact) mass is 290 g/mol. The molecule has 1 aliphatic heterocycles. The molecule has 2 fully saturated rings. The third-order valence-corrected chi connectivity index (χ3v) is 6.61. The lowest BCUT2D eigenvalue weighted by Crippen LogP contribution is -2.52. The Morgan fingerprint density at radius 1 is 1.14 bits per heavy atom. The number of piperidine rings is 1. The smallest absolute Gasteiger partial charge is 0.0672 e. The molecule has 2 heteroatoms. The summed E-state index contributed by atoms with van der Waals surface area (Å²) in [5.41, 5.74) is 0.422. The second kappa shape index (κ2) is 6.69. The quantitative estimate of drug-likeness (QED) is 0.743. The molecular formula is C19H34N2. The average molecular weight is 290 g/mol. The van der Waals surface area contributed by atoms with E-state index in [-0.39, 0.29) is 5.92 Å². The molecule has 0 amide bonds. The summed E-state index contributed by atoms with van der Waals surface area (Å²) in [4.78, 5) is 2.69. The van der Waals surface area contributed by atoms with Crippen molar-refractivity contribution in [1.82, 2.24) is 4.90 Å². The zero-order chi connectivity index (χ0) is 15.6. The number of likely N-dealkylation sites (tertiary alicyclic amines) is 1. The molecule has 0 N–H and O–H groups in total. The highest BCUT2D eigenvalue weighted by Gasteiger charge is 2.41. The van der Waals surface area contributed by atoms with E-state index < -0.39 is 0 Å². The van der Waals surface area contributed by atoms with E-state index in [1.54, 1.807) is 0 Å². The third kappa shape index (κ3) is 3.62. The molecule has 1 saturated carbocycles. The summed E-state index contributed by atoms with van der Waals surface area (Å²) >= 11 is 0. The molecule has 2 aliphatic rings. The van der Waals surface area contributed by atoms with E-state index in [1.807, 2.05) is 0 Å². The molecular weight excluding hydrogens is 256 g/mol. The van der Waals surface area contributed by atoms with Gasteiger partial charge in [0.05, 0.1) is 12.0 Å². The number of nitriles is 1. The largest absolute Gasteiger partial charge is 0.296 e. The van der Waals surface area contributed by atoms with Gasteiger partial charge in [0.2, 0.25) is 0 Å². The molecule has 0 aromatic heterocycles. The Morgan fingerprint density at radius 2 is 1.86 bits per heavy atom. The van der Waals surface area contributed by atoms with Crippen LogP contribution < -0.4 is 0 Å². The first-order valence-corrected chi connectivity index (χ1v) is 9.04. The van der Waals surface area contributed by atoms with Crippen LogP contribution in [-0.4, -0.2) is 23.5 Å². The highest BCUT2D eigenvalue weighted by atomic mass is 15.2. The Bertz CT molecular complexity index is 382. The van der Waals surface area contributed by atoms with Crippen molar-refractivity contribution in [3.63, 3.8) is 0 Å². The Morgan fingerprint density at radius 3 is 2.43 bits per heavy atom. The van der Waals surface area contributed by atoms with E-state index in [4.69, 9.17) is 0 Å². The van der Waals surface area contributed by atoms with Crippen molar-refractivity contribution in [1.29, 1.82) is 5.26 Å². The van der Waals surface area contributed by atoms with Crippen LogP contribution in [0.2, 0.25) is 0 Å². The molecule has 21 heavy (non-hydrogen) atoms. The molecule has 5 atom stereocenters. The second-order valence-corrected chi connectivity index (χ2v) is 8.37. The first-order chi connectivity index (χ1) is 9.89. The fourth-order valence-electron chi connectivity index (χ4n) is 4.58. The van der Waals surface area contributed by atoms with Crippen LogP contribution in [0.3, 0.4) is 0 Å². The number of hydrogen-bond acceptors (Lipinski definition) is 2. The first-order valence-electron chi connectivity index (χ1n) is 9.04. The van der Waals surface area contributed by atoms with Gasteiger partial charge >= 0.3 is 0 Å². The standard InChI is InChI=1S/C19H34N2/c1-6-19(4,5)17-8-7-16(13-20)18(12-17)21-10-9-14(2)11-15(21)3/h14-18H,6-12H2,1-5H3. The SMILES string of the molecule is CCC(C)(C)C1CCC(C#N)C(N2CCC(C)CC2C)C1. The lowest BCUT2D eigenvalue weighted by Gasteiger charge is -2.49. The predicted molar refractivity (Wildman–Crippen MR) is 88.9 cm³/mol. The van der Waals surface area contributed by atoms with Crippen molar-refractivity contribution in [3.05, 3.63) is 0 Å². The minimum Gasteiger partial charge on any atom is -0.296 e. The molecule has 120 valence electrons. The molecule has 0 aromatic carbocycles. The summed E-state index contributed by atoms with van der Waals surface area (Å²) < 4.78 is 0. The van der Waals surface area contributed by atoms with E-state index in [9.17, 15) is 5.26 Å². The van der Waals surface area contributed by atoms with Crippen LogP contribution in [0.25, 0.3) is 0 Å². The molecule has 1 heterocycles. The minimum absolute atomic E-state index is 0.254. The molecule has 1 aliphatic carbocycles. The topological polar surface area (TPSA) is 27.0 Å². The predicted octanol–water partition coefficient (Wildman–Crippen LogP) is 4.85. The van der Waals surface area contributed by atoms with Crippen LogP contribution in [0.15, 0.2) is 0 Å². The van der Waals surface area contributed by atoms with Crippen LogP contribution in [-0.2, 0) is 0 Å². The number of nitrogens with zero attached hydrogens (tertiary/aromatic N) is 2. The fraction of sp³-hybridized carbons (Fsp3) is 0.947. The van der Waals surface area contributed by atoms with Crippen LogP contribution in [0, 0.1) is 34.5 Å². The summed E-state index contributed by atoms with van der Waals surface area (Å²) in [6, 6.07) is 3.78. The van der Waals surface area contributed by atoms with Crippen molar-refractivity contribution in [2.45, 2.75) is 85.2 Å². The van der Waals surface area contributed by atoms with Gasteiger partial charge in [0.25, 0.3) is 0 Å². The van der Waals surface area contributed by atoms with E-state index in [0.29, 0.717) is 17.5 Å². The van der Waals surface area contributed by atoms with Crippen molar-refractivity contribution >= 4 is 0 Å². The summed E-state index contributed by atoms with van der Waals surface area (Å²) in [5.74, 6) is 1.89. The van der Waals surface area contributed by atoms with Gasteiger partial charge in [0, 0.05) is 12.1 Å². The van der Waals surface area contributed by atoms with Crippen molar-refractivity contribution in [2.24, 2.45) is 23.2 Å². The third-order valence-electron chi connectivity index (χ3n) is 6.61. The maximum Gasteiger partial charge on any atom is 0.0672 e. The van der Waals surface area contributed by atoms with E-state index in [0.717, 1.165) is 18.3 Å². The molecule has 0 bridgehead atoms. The zero-order valence-electron chi connectivity index (χ0n) is 14.7. The Labute approximate surface area is 131 Å². The number of rotatable bonds is 3. The van der Waals surface area contributed by atoms with Crippen molar-refractivity contribution in [3.8, 4) is 6.07 Å². The maximum absolute atomic E-state index is 9.60. The minimum atomic E-state index is 0.254. The number of hydrogen-bond donors (Lipinski definition) is 0. The van der Waals surface area contributed by atoms with E-state index in [2.05, 4.69) is 45.6 Å². The van der Waals surface area contributed by atoms with Gasteiger partial charge < -0.3 is 0 Å². The lowest BCUT2D eigenvalue weighted by molar-refractivity contribution is 0.00734. The molecule has 1 saturated heterocycles. The molecule has 5 unspecified atom stereocenters. The Kier molecular flexibility index (Phi) is 5.36. The molecule has 0 aromatic rings. The Hall–Kier alpha value is -0.550. The van der Waals surface area contributed by atoms with Crippen LogP contribution in [0.5, 0.6) is 0 Å². The summed E-state index contributed by atoms with van der Waals surface area (Å²) in [5, 5.41) is 9.60. The molecule has 2 rings (SSSR count). The average Bonchev–Trinajstić information content (AvgIpc) is 2.46. The van der Waals surface area contributed by atoms with Gasteiger partial charge in [-0.1, -0.05) is 34.1 Å². The molecule has 0 radical (unpaired) electrons. The van der Waals surface area contributed by atoms with Gasteiger partial charge in [-0.15, -0.1) is 0 Å². The van der Waals surface area contributed by atoms with Gasteiger partial charge in [-0.05, 0) is 62.8 Å². The fourth-order valence-corrected chi connectivity index (χ4v) is 4.58. The normalized spacial score (nSPS) is 39.0. The van der Waals surface area contributed by atoms with E-state index in [1.165, 1.54) is 38.6 Å². The maximum atomic E-state index is 9.60. The van der Waals surface area contributed by atoms with Crippen LogP contribution in [0.1, 0.15) is 73.1 Å². The van der Waals surface area contributed by atoms with E-state index >= 15 is 0 Å². The van der Waals surface area contributed by atoms with Gasteiger partial charge in [-0.2, -0.15) is 5.26 Å². The highest BCUT2D eigenvalue weighted by molar-refractivity contribution is 5.01. The van der Waals surface area contributed by atoms with Gasteiger partial charge in [-0.3, -0.25) is 4.90 Å². The lowest BCUT2D eigenvalue weighted by atomic mass is 9.65. The van der Waals surface area contributed by atoms with Gasteiger partial charge in [0.1, 0.15) is 0 Å². The van der Waals surface area contributed by atoms with Crippen molar-refractivity contribution < 1.29 is 0 Å². The van der Waals surface area contributed by atoms with Gasteiger partial charge in [-0.25, -0.2) is 0 Å². The van der Waals surface area contributed by atoms with Gasteiger partial charge in [0.15, 0.2) is 0 Å². The second-order valence-electron chi connectivity index (χ2n) is 8.37. The summed E-state index contributed by atoms with van der Waals surface area (Å²) in [7, 11) is 0. The Balaban J connectivity index is 2.12. The van der Waals surface area contributed by atoms with Crippen LogP contribution in [0.4, 0.5) is 0 Å². The summed E-state index contributed by atoms with van der Waals surface area (Å²) in [6.45, 7) is 13.1. The van der Waals surface area contributed by atoms with Crippen molar-refractivity contribution in [2.75, 3.05) is 6.54 Å². The zero-order valence-corrected chi connectivity index (χ0v) is 14.7. The summed E-state index contributed by atoms with van der Waals surface area (Å²) in [6.07, 6.45) is 7.44.